The van der Waals surface area contributed by atoms with Crippen LogP contribution in [-0.4, -0.2) is 50.8 Å². The van der Waals surface area contributed by atoms with Gasteiger partial charge < -0.3 is 10.2 Å². The molecule has 1 aliphatic heterocycles. The highest BCUT2D eigenvalue weighted by Crippen LogP contribution is 2.11. The van der Waals surface area contributed by atoms with Gasteiger partial charge in [-0.15, -0.1) is 0 Å². The third kappa shape index (κ3) is 5.54. The van der Waals surface area contributed by atoms with Crippen LogP contribution < -0.4 is 10.0 Å². The predicted octanol–water partition coefficient (Wildman–Crippen LogP) is 0.654. The number of benzene rings is 1. The summed E-state index contributed by atoms with van der Waals surface area (Å²) in [4.78, 5) is 25.5. The van der Waals surface area contributed by atoms with Gasteiger partial charge in [0.15, 0.2) is 0 Å². The van der Waals surface area contributed by atoms with Crippen LogP contribution in [0, 0.1) is 0 Å². The first kappa shape index (κ1) is 19.4. The Kier molecular flexibility index (Phi) is 6.55. The number of hydrogen-bond donors (Lipinski definition) is 2. The maximum absolute atomic E-state index is 12.0. The molecule has 1 aromatic carbocycles. The van der Waals surface area contributed by atoms with Gasteiger partial charge in [0.2, 0.25) is 10.0 Å². The van der Waals surface area contributed by atoms with E-state index in [-0.39, 0.29) is 10.9 Å². The molecule has 2 N–H and O–H groups in total. The molecular weight excluding hydrogens is 342 g/mol. The zero-order valence-corrected chi connectivity index (χ0v) is 15.4. The van der Waals surface area contributed by atoms with Crippen molar-refractivity contribution in [2.75, 3.05) is 19.6 Å². The molecule has 0 aliphatic carbocycles. The molecule has 2 amide bonds. The highest BCUT2D eigenvalue weighted by molar-refractivity contribution is 7.89. The smallest absolute Gasteiger partial charge is 0.311 e. The fourth-order valence-electron chi connectivity index (χ4n) is 2.67. The van der Waals surface area contributed by atoms with E-state index in [4.69, 9.17) is 0 Å². The molecule has 138 valence electrons. The summed E-state index contributed by atoms with van der Waals surface area (Å²) in [6.45, 7) is 5.14. The van der Waals surface area contributed by atoms with Crippen LogP contribution in [0.15, 0.2) is 29.2 Å². The van der Waals surface area contributed by atoms with E-state index >= 15 is 0 Å². The minimum atomic E-state index is -3.50. The largest absolute Gasteiger partial charge is 0.347 e. The SMILES string of the molecule is CC(C)NS(=O)(=O)c1ccc(CCNC(=O)C(=O)N2CCCC2)cc1. The molecule has 2 rings (SSSR count). The van der Waals surface area contributed by atoms with Crippen LogP contribution in [0.3, 0.4) is 0 Å². The van der Waals surface area contributed by atoms with Crippen LogP contribution in [0.2, 0.25) is 0 Å². The Balaban J connectivity index is 1.83. The minimum absolute atomic E-state index is 0.173. The lowest BCUT2D eigenvalue weighted by molar-refractivity contribution is -0.145. The highest BCUT2D eigenvalue weighted by atomic mass is 32.2. The Morgan fingerprint density at radius 3 is 2.28 bits per heavy atom. The summed E-state index contributed by atoms with van der Waals surface area (Å²) in [6.07, 6.45) is 2.41. The zero-order valence-electron chi connectivity index (χ0n) is 14.6. The van der Waals surface area contributed by atoms with Crippen molar-refractivity contribution < 1.29 is 18.0 Å². The van der Waals surface area contributed by atoms with Crippen LogP contribution in [0.5, 0.6) is 0 Å². The molecule has 7 nitrogen and oxygen atoms in total. The molecule has 0 spiro atoms. The molecule has 0 aromatic heterocycles. The third-order valence-electron chi connectivity index (χ3n) is 3.91. The van der Waals surface area contributed by atoms with Gasteiger partial charge in [0.25, 0.3) is 0 Å². The first-order valence-corrected chi connectivity index (χ1v) is 9.96. The quantitative estimate of drug-likeness (QED) is 0.722. The van der Waals surface area contributed by atoms with Crippen molar-refractivity contribution in [2.24, 2.45) is 0 Å². The van der Waals surface area contributed by atoms with Crippen molar-refractivity contribution in [3.8, 4) is 0 Å². The van der Waals surface area contributed by atoms with Gasteiger partial charge in [-0.05, 0) is 50.8 Å². The van der Waals surface area contributed by atoms with Gasteiger partial charge in [0, 0.05) is 25.7 Å². The number of rotatable bonds is 6. The van der Waals surface area contributed by atoms with Crippen LogP contribution in [0.25, 0.3) is 0 Å². The fourth-order valence-corrected chi connectivity index (χ4v) is 3.92. The summed E-state index contributed by atoms with van der Waals surface area (Å²) in [6, 6.07) is 6.33. The molecule has 0 radical (unpaired) electrons. The highest BCUT2D eigenvalue weighted by Gasteiger charge is 2.23. The van der Waals surface area contributed by atoms with Gasteiger partial charge in [-0.2, -0.15) is 0 Å². The lowest BCUT2D eigenvalue weighted by Gasteiger charge is -2.14. The van der Waals surface area contributed by atoms with E-state index in [1.807, 2.05) is 0 Å². The van der Waals surface area contributed by atoms with Crippen molar-refractivity contribution in [2.45, 2.75) is 44.0 Å². The minimum Gasteiger partial charge on any atom is -0.347 e. The second-order valence-corrected chi connectivity index (χ2v) is 8.14. The van der Waals surface area contributed by atoms with Crippen molar-refractivity contribution in [1.29, 1.82) is 0 Å². The molecule has 8 heteroatoms. The number of carbonyl (C=O) groups is 2. The Morgan fingerprint density at radius 2 is 1.72 bits per heavy atom. The van der Waals surface area contributed by atoms with E-state index in [1.54, 1.807) is 30.9 Å². The topological polar surface area (TPSA) is 95.6 Å². The molecule has 25 heavy (non-hydrogen) atoms. The Hall–Kier alpha value is -1.93. The van der Waals surface area contributed by atoms with Gasteiger partial charge in [-0.25, -0.2) is 13.1 Å². The molecule has 1 fully saturated rings. The third-order valence-corrected chi connectivity index (χ3v) is 5.59. The fraction of sp³-hybridized carbons (Fsp3) is 0.529. The molecule has 0 saturated carbocycles. The first-order valence-electron chi connectivity index (χ1n) is 8.48. The molecule has 1 aromatic rings. The van der Waals surface area contributed by atoms with Crippen molar-refractivity contribution >= 4 is 21.8 Å². The van der Waals surface area contributed by atoms with E-state index in [0.717, 1.165) is 18.4 Å². The van der Waals surface area contributed by atoms with Gasteiger partial charge in [-0.3, -0.25) is 9.59 Å². The molecule has 0 unspecified atom stereocenters. The van der Waals surface area contributed by atoms with E-state index in [1.165, 1.54) is 12.1 Å². The molecule has 0 bridgehead atoms. The normalized spacial score (nSPS) is 14.8. The average molecular weight is 367 g/mol. The molecule has 1 saturated heterocycles. The number of amides is 2. The number of likely N-dealkylation sites (tertiary alicyclic amines) is 1. The van der Waals surface area contributed by atoms with E-state index in [9.17, 15) is 18.0 Å². The van der Waals surface area contributed by atoms with E-state index in [2.05, 4.69) is 10.0 Å². The summed E-state index contributed by atoms with van der Waals surface area (Å²) in [7, 11) is -3.50. The Labute approximate surface area is 148 Å². The number of carbonyl (C=O) groups excluding carboxylic acids is 2. The standard InChI is InChI=1S/C17H25N3O4S/c1-13(2)19-25(23,24)15-7-5-14(6-8-15)9-10-18-16(21)17(22)20-11-3-4-12-20/h5-8,13,19H,3-4,9-12H2,1-2H3,(H,18,21). The number of nitrogens with zero attached hydrogens (tertiary/aromatic N) is 1. The second kappa shape index (κ2) is 8.44. The number of sulfonamides is 1. The van der Waals surface area contributed by atoms with Crippen LogP contribution in [-0.2, 0) is 26.0 Å². The predicted molar refractivity (Wildman–Crippen MR) is 94.4 cm³/mol. The summed E-state index contributed by atoms with van der Waals surface area (Å²) in [5.41, 5.74) is 0.886. The summed E-state index contributed by atoms with van der Waals surface area (Å²) in [5, 5.41) is 2.62. The second-order valence-electron chi connectivity index (χ2n) is 6.43. The first-order chi connectivity index (χ1) is 11.8. The van der Waals surface area contributed by atoms with Crippen molar-refractivity contribution in [1.82, 2.24) is 14.9 Å². The van der Waals surface area contributed by atoms with Crippen molar-refractivity contribution in [3.05, 3.63) is 29.8 Å². The van der Waals surface area contributed by atoms with Crippen molar-refractivity contribution in [3.63, 3.8) is 0 Å². The van der Waals surface area contributed by atoms with Gasteiger partial charge in [0.1, 0.15) is 0 Å². The maximum atomic E-state index is 12.0. The number of hydrogen-bond acceptors (Lipinski definition) is 4. The molecule has 0 atom stereocenters. The monoisotopic (exact) mass is 367 g/mol. The van der Waals surface area contributed by atoms with Crippen LogP contribution in [0.4, 0.5) is 0 Å². The van der Waals surface area contributed by atoms with E-state index in [0.29, 0.717) is 26.1 Å². The van der Waals surface area contributed by atoms with Crippen LogP contribution >= 0.6 is 0 Å². The average Bonchev–Trinajstić information content (AvgIpc) is 3.07. The molecular formula is C17H25N3O4S. The molecule has 1 heterocycles. The molecule has 1 aliphatic rings. The summed E-state index contributed by atoms with van der Waals surface area (Å²) < 4.78 is 26.6. The Morgan fingerprint density at radius 1 is 1.12 bits per heavy atom. The lowest BCUT2D eigenvalue weighted by atomic mass is 10.1. The summed E-state index contributed by atoms with van der Waals surface area (Å²) >= 11 is 0. The van der Waals surface area contributed by atoms with Gasteiger partial charge in [0.05, 0.1) is 4.90 Å². The zero-order chi connectivity index (χ0) is 18.4. The summed E-state index contributed by atoms with van der Waals surface area (Å²) in [5.74, 6) is -1.05. The van der Waals surface area contributed by atoms with Crippen LogP contribution in [0.1, 0.15) is 32.3 Å². The van der Waals surface area contributed by atoms with Gasteiger partial charge >= 0.3 is 11.8 Å². The van der Waals surface area contributed by atoms with E-state index < -0.39 is 21.8 Å². The Bertz CT molecular complexity index is 708. The number of nitrogens with one attached hydrogen (secondary N) is 2. The lowest BCUT2D eigenvalue weighted by Crippen LogP contribution is -2.42. The maximum Gasteiger partial charge on any atom is 0.311 e. The van der Waals surface area contributed by atoms with Gasteiger partial charge in [-0.1, -0.05) is 12.1 Å².